The van der Waals surface area contributed by atoms with Gasteiger partial charge in [0.05, 0.1) is 11.7 Å². The van der Waals surface area contributed by atoms with E-state index < -0.39 is 11.7 Å². The summed E-state index contributed by atoms with van der Waals surface area (Å²) in [5.41, 5.74) is 6.11. The lowest BCUT2D eigenvalue weighted by atomic mass is 10.2. The van der Waals surface area contributed by atoms with Crippen molar-refractivity contribution in [3.8, 4) is 0 Å². The van der Waals surface area contributed by atoms with E-state index in [-0.39, 0.29) is 6.04 Å². The largest absolute Gasteiger partial charge is 0.444 e. The molecule has 1 atom stereocenters. The summed E-state index contributed by atoms with van der Waals surface area (Å²) >= 11 is 0. The zero-order chi connectivity index (χ0) is 12.9. The Kier molecular flexibility index (Phi) is 4.45. The summed E-state index contributed by atoms with van der Waals surface area (Å²) in [5, 5.41) is 2.61. The van der Waals surface area contributed by atoms with Gasteiger partial charge in [0, 0.05) is 12.7 Å². The van der Waals surface area contributed by atoms with Crippen LogP contribution < -0.4 is 11.1 Å². The number of aromatic nitrogens is 1. The predicted octanol–water partition coefficient (Wildman–Crippen LogP) is 1.61. The topological polar surface area (TPSA) is 77.2 Å². The lowest BCUT2D eigenvalue weighted by molar-refractivity contribution is 0.0524. The molecule has 94 valence electrons. The predicted molar refractivity (Wildman–Crippen MR) is 65.4 cm³/mol. The molecule has 1 amide bonds. The fourth-order valence-corrected chi connectivity index (χ4v) is 1.21. The molecule has 0 aliphatic rings. The number of hydrogen-bond acceptors (Lipinski definition) is 4. The SMILES string of the molecule is CC(C)(C)OC(=O)NCC(N)c1ccccn1. The fourth-order valence-electron chi connectivity index (χ4n) is 1.21. The standard InChI is InChI=1S/C12H19N3O2/c1-12(2,3)17-11(16)15-8-9(13)10-6-4-5-7-14-10/h4-7,9H,8,13H2,1-3H3,(H,15,16). The van der Waals surface area contributed by atoms with Crippen LogP contribution in [0.4, 0.5) is 4.79 Å². The number of alkyl carbamates (subject to hydrolysis) is 1. The quantitative estimate of drug-likeness (QED) is 0.837. The highest BCUT2D eigenvalue weighted by Crippen LogP contribution is 2.08. The second-order valence-electron chi connectivity index (χ2n) is 4.74. The summed E-state index contributed by atoms with van der Waals surface area (Å²) in [6, 6.07) is 5.16. The molecule has 0 saturated heterocycles. The Balaban J connectivity index is 2.39. The van der Waals surface area contributed by atoms with Crippen LogP contribution in [0.15, 0.2) is 24.4 Å². The smallest absolute Gasteiger partial charge is 0.407 e. The summed E-state index contributed by atoms with van der Waals surface area (Å²) < 4.78 is 5.10. The molecule has 0 aliphatic heterocycles. The molecule has 5 heteroatoms. The fraction of sp³-hybridized carbons (Fsp3) is 0.500. The monoisotopic (exact) mass is 237 g/mol. The molecule has 0 aromatic carbocycles. The molecule has 0 radical (unpaired) electrons. The van der Waals surface area contributed by atoms with E-state index in [0.717, 1.165) is 5.69 Å². The third kappa shape index (κ3) is 5.31. The van der Waals surface area contributed by atoms with Crippen molar-refractivity contribution in [3.63, 3.8) is 0 Å². The molecule has 17 heavy (non-hydrogen) atoms. The molecule has 0 saturated carbocycles. The number of hydrogen-bond donors (Lipinski definition) is 2. The molecule has 3 N–H and O–H groups in total. The Hall–Kier alpha value is -1.62. The van der Waals surface area contributed by atoms with Gasteiger partial charge in [-0.25, -0.2) is 4.79 Å². The van der Waals surface area contributed by atoms with Gasteiger partial charge in [0.1, 0.15) is 5.60 Å². The normalized spacial score (nSPS) is 12.9. The number of rotatable bonds is 3. The minimum absolute atomic E-state index is 0.298. The van der Waals surface area contributed by atoms with E-state index in [9.17, 15) is 4.79 Å². The molecule has 1 rings (SSSR count). The van der Waals surface area contributed by atoms with Crippen molar-refractivity contribution in [2.75, 3.05) is 6.54 Å². The summed E-state index contributed by atoms with van der Waals surface area (Å²) in [6.07, 6.45) is 1.20. The Morgan fingerprint density at radius 2 is 2.24 bits per heavy atom. The van der Waals surface area contributed by atoms with Crippen LogP contribution in [-0.4, -0.2) is 23.2 Å². The Morgan fingerprint density at radius 3 is 2.76 bits per heavy atom. The average Bonchev–Trinajstić information content (AvgIpc) is 2.25. The third-order valence-corrected chi connectivity index (χ3v) is 1.93. The highest BCUT2D eigenvalue weighted by atomic mass is 16.6. The van der Waals surface area contributed by atoms with Crippen LogP contribution in [0.25, 0.3) is 0 Å². The van der Waals surface area contributed by atoms with E-state index >= 15 is 0 Å². The zero-order valence-corrected chi connectivity index (χ0v) is 10.4. The van der Waals surface area contributed by atoms with Gasteiger partial charge in [-0.05, 0) is 32.9 Å². The van der Waals surface area contributed by atoms with E-state index in [0.29, 0.717) is 6.54 Å². The van der Waals surface area contributed by atoms with Crippen molar-refractivity contribution >= 4 is 6.09 Å². The number of amides is 1. The molecule has 0 aliphatic carbocycles. The molecule has 0 spiro atoms. The maximum atomic E-state index is 11.4. The van der Waals surface area contributed by atoms with Crippen molar-refractivity contribution in [2.24, 2.45) is 5.73 Å². The third-order valence-electron chi connectivity index (χ3n) is 1.93. The number of carbonyl (C=O) groups is 1. The van der Waals surface area contributed by atoms with Crippen molar-refractivity contribution in [1.29, 1.82) is 0 Å². The zero-order valence-electron chi connectivity index (χ0n) is 10.4. The van der Waals surface area contributed by atoms with Crippen LogP contribution in [0.3, 0.4) is 0 Å². The average molecular weight is 237 g/mol. The van der Waals surface area contributed by atoms with Crippen LogP contribution >= 0.6 is 0 Å². The van der Waals surface area contributed by atoms with Crippen LogP contribution in [-0.2, 0) is 4.74 Å². The van der Waals surface area contributed by atoms with Gasteiger partial charge in [-0.3, -0.25) is 4.98 Å². The van der Waals surface area contributed by atoms with Crippen LogP contribution in [0.1, 0.15) is 32.5 Å². The van der Waals surface area contributed by atoms with Crippen LogP contribution in [0.5, 0.6) is 0 Å². The number of nitrogens with zero attached hydrogens (tertiary/aromatic N) is 1. The van der Waals surface area contributed by atoms with Gasteiger partial charge in [-0.1, -0.05) is 6.07 Å². The maximum absolute atomic E-state index is 11.4. The molecule has 1 heterocycles. The first-order chi connectivity index (χ1) is 7.88. The first-order valence-electron chi connectivity index (χ1n) is 5.52. The number of ether oxygens (including phenoxy) is 1. The van der Waals surface area contributed by atoms with Crippen molar-refractivity contribution in [3.05, 3.63) is 30.1 Å². The number of nitrogens with two attached hydrogens (primary N) is 1. The molecular weight excluding hydrogens is 218 g/mol. The lowest BCUT2D eigenvalue weighted by Gasteiger charge is -2.20. The molecule has 1 aromatic rings. The summed E-state index contributed by atoms with van der Waals surface area (Å²) in [4.78, 5) is 15.5. The van der Waals surface area contributed by atoms with E-state index in [1.54, 1.807) is 6.20 Å². The minimum Gasteiger partial charge on any atom is -0.444 e. The highest BCUT2D eigenvalue weighted by molar-refractivity contribution is 5.67. The van der Waals surface area contributed by atoms with Gasteiger partial charge >= 0.3 is 6.09 Å². The van der Waals surface area contributed by atoms with Crippen molar-refractivity contribution < 1.29 is 9.53 Å². The van der Waals surface area contributed by atoms with E-state index in [1.165, 1.54) is 0 Å². The Morgan fingerprint density at radius 1 is 1.53 bits per heavy atom. The highest BCUT2D eigenvalue weighted by Gasteiger charge is 2.16. The van der Waals surface area contributed by atoms with E-state index in [4.69, 9.17) is 10.5 Å². The molecule has 5 nitrogen and oxygen atoms in total. The molecule has 0 bridgehead atoms. The Bertz CT molecular complexity index is 360. The number of pyridine rings is 1. The van der Waals surface area contributed by atoms with Crippen LogP contribution in [0.2, 0.25) is 0 Å². The molecule has 1 unspecified atom stereocenters. The van der Waals surface area contributed by atoms with E-state index in [2.05, 4.69) is 10.3 Å². The van der Waals surface area contributed by atoms with Crippen molar-refractivity contribution in [2.45, 2.75) is 32.4 Å². The van der Waals surface area contributed by atoms with Gasteiger partial charge < -0.3 is 15.8 Å². The second kappa shape index (κ2) is 5.63. The van der Waals surface area contributed by atoms with Gasteiger partial charge in [-0.2, -0.15) is 0 Å². The molecule has 1 aromatic heterocycles. The van der Waals surface area contributed by atoms with Crippen LogP contribution in [0, 0.1) is 0 Å². The minimum atomic E-state index is -0.501. The Labute approximate surface area is 101 Å². The van der Waals surface area contributed by atoms with Crippen molar-refractivity contribution in [1.82, 2.24) is 10.3 Å². The number of nitrogens with one attached hydrogen (secondary N) is 1. The maximum Gasteiger partial charge on any atom is 0.407 e. The first kappa shape index (κ1) is 13.4. The van der Waals surface area contributed by atoms with Gasteiger partial charge in [-0.15, -0.1) is 0 Å². The summed E-state index contributed by atoms with van der Waals surface area (Å²) in [6.45, 7) is 5.73. The molecule has 0 fully saturated rings. The molecular formula is C12H19N3O2. The van der Waals surface area contributed by atoms with Gasteiger partial charge in [0.25, 0.3) is 0 Å². The van der Waals surface area contributed by atoms with E-state index in [1.807, 2.05) is 39.0 Å². The van der Waals surface area contributed by atoms with Gasteiger partial charge in [0.2, 0.25) is 0 Å². The number of carbonyl (C=O) groups excluding carboxylic acids is 1. The second-order valence-corrected chi connectivity index (χ2v) is 4.74. The lowest BCUT2D eigenvalue weighted by Crippen LogP contribution is -2.36. The summed E-state index contributed by atoms with van der Waals surface area (Å²) in [7, 11) is 0. The van der Waals surface area contributed by atoms with Gasteiger partial charge in [0.15, 0.2) is 0 Å². The summed E-state index contributed by atoms with van der Waals surface area (Å²) in [5.74, 6) is 0. The first-order valence-corrected chi connectivity index (χ1v) is 5.52.